The summed E-state index contributed by atoms with van der Waals surface area (Å²) in [6.07, 6.45) is 5.81. The zero-order valence-electron chi connectivity index (χ0n) is 8.84. The number of benzene rings is 1. The fourth-order valence-corrected chi connectivity index (χ4v) is 2.80. The summed E-state index contributed by atoms with van der Waals surface area (Å²) in [5.74, 6) is 0.547. The van der Waals surface area contributed by atoms with Crippen LogP contribution in [-0.2, 0) is 0 Å². The van der Waals surface area contributed by atoms with Gasteiger partial charge in [-0.05, 0) is 30.5 Å². The van der Waals surface area contributed by atoms with E-state index in [1.54, 1.807) is 0 Å². The smallest absolute Gasteiger partial charge is 0.0456 e. The minimum Gasteiger partial charge on any atom is -0.385 e. The van der Waals surface area contributed by atoms with Crippen LogP contribution in [0, 0.1) is 0 Å². The molecule has 2 aliphatic carbocycles. The fourth-order valence-electron chi connectivity index (χ4n) is 2.25. The average Bonchev–Trinajstić information content (AvgIpc) is 3.01. The quantitative estimate of drug-likeness (QED) is 0.855. The Kier molecular flexibility index (Phi) is 2.61. The molecule has 0 bridgehead atoms. The van der Waals surface area contributed by atoms with Crippen LogP contribution in [0.2, 0.25) is 10.0 Å². The summed E-state index contributed by atoms with van der Waals surface area (Å²) >= 11 is 12.1. The van der Waals surface area contributed by atoms with Gasteiger partial charge in [0.05, 0.1) is 0 Å². The van der Waals surface area contributed by atoms with Crippen LogP contribution in [0.3, 0.4) is 0 Å². The second kappa shape index (κ2) is 3.97. The summed E-state index contributed by atoms with van der Waals surface area (Å²) in [6, 6.07) is 6.39. The molecule has 3 rings (SSSR count). The lowest BCUT2D eigenvalue weighted by Gasteiger charge is -2.38. The van der Waals surface area contributed by atoms with Crippen molar-refractivity contribution >= 4 is 23.2 Å². The van der Waals surface area contributed by atoms with Crippen molar-refractivity contribution in [2.45, 2.75) is 31.2 Å². The minimum absolute atomic E-state index is 0.547. The highest BCUT2D eigenvalue weighted by atomic mass is 35.5. The van der Waals surface area contributed by atoms with Crippen LogP contribution in [0.4, 0.5) is 0 Å². The monoisotopic (exact) mass is 253 g/mol. The van der Waals surface area contributed by atoms with Crippen LogP contribution < -0.4 is 5.32 Å². The van der Waals surface area contributed by atoms with Crippen LogP contribution in [0.5, 0.6) is 0 Å². The number of allylic oxidation sites excluding steroid dienone is 2. The molecule has 0 amide bonds. The number of rotatable bonds is 3. The van der Waals surface area contributed by atoms with Gasteiger partial charge in [0.1, 0.15) is 0 Å². The third kappa shape index (κ3) is 1.94. The Hall–Kier alpha value is -0.660. The lowest BCUT2D eigenvalue weighted by atomic mass is 9.75. The van der Waals surface area contributed by atoms with E-state index in [2.05, 4.69) is 17.5 Å². The van der Waals surface area contributed by atoms with Gasteiger partial charge in [0, 0.05) is 34.1 Å². The number of hydrogen-bond acceptors (Lipinski definition) is 1. The van der Waals surface area contributed by atoms with Gasteiger partial charge in [-0.3, -0.25) is 0 Å². The second-order valence-electron chi connectivity index (χ2n) is 4.53. The van der Waals surface area contributed by atoms with Gasteiger partial charge in [-0.25, -0.2) is 0 Å². The van der Waals surface area contributed by atoms with Crippen molar-refractivity contribution in [2.24, 2.45) is 0 Å². The standard InChI is InChI=1S/C13H13Cl2N/c14-8-1-4-10(12(15)7-8)11-5-6-13(11)16-9-2-3-9/h1-2,4,7,11,13,16H,3,5-6H2/t11-,13-/m1/s1. The Morgan fingerprint density at radius 3 is 2.56 bits per heavy atom. The summed E-state index contributed by atoms with van der Waals surface area (Å²) in [5.41, 5.74) is 2.62. The summed E-state index contributed by atoms with van der Waals surface area (Å²) in [4.78, 5) is 0. The SMILES string of the molecule is Clc1ccc([C@H]2CC[C@H]2NC2=CC2)c(Cl)c1. The lowest BCUT2D eigenvalue weighted by Crippen LogP contribution is -2.40. The van der Waals surface area contributed by atoms with Gasteiger partial charge in [0.15, 0.2) is 0 Å². The van der Waals surface area contributed by atoms with Crippen molar-refractivity contribution in [3.8, 4) is 0 Å². The molecule has 16 heavy (non-hydrogen) atoms. The van der Waals surface area contributed by atoms with Crippen LogP contribution in [0.25, 0.3) is 0 Å². The van der Waals surface area contributed by atoms with Gasteiger partial charge in [-0.15, -0.1) is 0 Å². The summed E-state index contributed by atoms with van der Waals surface area (Å²) < 4.78 is 0. The van der Waals surface area contributed by atoms with E-state index < -0.39 is 0 Å². The average molecular weight is 254 g/mol. The van der Waals surface area contributed by atoms with E-state index in [9.17, 15) is 0 Å². The molecule has 3 heteroatoms. The Bertz CT molecular complexity index is 453. The zero-order chi connectivity index (χ0) is 11.1. The van der Waals surface area contributed by atoms with Crippen molar-refractivity contribution < 1.29 is 0 Å². The predicted octanol–water partition coefficient (Wildman–Crippen LogP) is 4.12. The first-order valence-corrected chi connectivity index (χ1v) is 6.40. The van der Waals surface area contributed by atoms with Gasteiger partial charge < -0.3 is 5.32 Å². The van der Waals surface area contributed by atoms with Gasteiger partial charge in [0.2, 0.25) is 0 Å². The maximum absolute atomic E-state index is 6.23. The molecular formula is C13H13Cl2N. The third-order valence-corrected chi connectivity index (χ3v) is 3.98. The molecule has 1 aromatic carbocycles. The second-order valence-corrected chi connectivity index (χ2v) is 5.38. The highest BCUT2D eigenvalue weighted by molar-refractivity contribution is 6.35. The number of halogens is 2. The molecule has 1 N–H and O–H groups in total. The molecule has 0 unspecified atom stereocenters. The first-order chi connectivity index (χ1) is 7.74. The maximum atomic E-state index is 6.23. The Morgan fingerprint density at radius 1 is 1.19 bits per heavy atom. The van der Waals surface area contributed by atoms with E-state index >= 15 is 0 Å². The normalized spacial score (nSPS) is 27.0. The molecule has 0 aliphatic heterocycles. The molecular weight excluding hydrogens is 241 g/mol. The van der Waals surface area contributed by atoms with Crippen LogP contribution in [0.15, 0.2) is 30.0 Å². The molecule has 0 spiro atoms. The first kappa shape index (κ1) is 10.5. The molecule has 0 saturated heterocycles. The predicted molar refractivity (Wildman–Crippen MR) is 68.1 cm³/mol. The van der Waals surface area contributed by atoms with Crippen molar-refractivity contribution in [3.05, 3.63) is 45.6 Å². The largest absolute Gasteiger partial charge is 0.385 e. The molecule has 1 aromatic rings. The van der Waals surface area contributed by atoms with Crippen molar-refractivity contribution in [1.82, 2.24) is 5.32 Å². The summed E-state index contributed by atoms with van der Waals surface area (Å²) in [5, 5.41) is 5.06. The van der Waals surface area contributed by atoms with Crippen molar-refractivity contribution in [3.63, 3.8) is 0 Å². The fraction of sp³-hybridized carbons (Fsp3) is 0.385. The van der Waals surface area contributed by atoms with Crippen LogP contribution in [0.1, 0.15) is 30.7 Å². The van der Waals surface area contributed by atoms with Crippen molar-refractivity contribution in [2.75, 3.05) is 0 Å². The van der Waals surface area contributed by atoms with E-state index in [-0.39, 0.29) is 0 Å². The van der Waals surface area contributed by atoms with Gasteiger partial charge >= 0.3 is 0 Å². The molecule has 1 saturated carbocycles. The van der Waals surface area contributed by atoms with Crippen molar-refractivity contribution in [1.29, 1.82) is 0 Å². The Balaban J connectivity index is 1.78. The molecule has 2 atom stereocenters. The molecule has 1 nitrogen and oxygen atoms in total. The highest BCUT2D eigenvalue weighted by Gasteiger charge is 2.34. The number of hydrogen-bond donors (Lipinski definition) is 1. The number of nitrogens with one attached hydrogen (secondary N) is 1. The van der Waals surface area contributed by atoms with E-state index in [0.717, 1.165) is 11.4 Å². The summed E-state index contributed by atoms with van der Waals surface area (Å²) in [6.45, 7) is 0. The molecule has 0 heterocycles. The van der Waals surface area contributed by atoms with Gasteiger partial charge in [-0.2, -0.15) is 0 Å². The molecule has 0 aromatic heterocycles. The van der Waals surface area contributed by atoms with E-state index in [4.69, 9.17) is 23.2 Å². The summed E-state index contributed by atoms with van der Waals surface area (Å²) in [7, 11) is 0. The third-order valence-electron chi connectivity index (χ3n) is 3.42. The molecule has 84 valence electrons. The molecule has 0 radical (unpaired) electrons. The minimum atomic E-state index is 0.547. The Labute approximate surface area is 105 Å². The van der Waals surface area contributed by atoms with E-state index in [1.807, 2.05) is 12.1 Å². The zero-order valence-corrected chi connectivity index (χ0v) is 10.4. The topological polar surface area (TPSA) is 12.0 Å². The van der Waals surface area contributed by atoms with E-state index in [0.29, 0.717) is 17.0 Å². The Morgan fingerprint density at radius 2 is 2.00 bits per heavy atom. The van der Waals surface area contributed by atoms with Crippen LogP contribution in [-0.4, -0.2) is 6.04 Å². The van der Waals surface area contributed by atoms with Crippen LogP contribution >= 0.6 is 23.2 Å². The lowest BCUT2D eigenvalue weighted by molar-refractivity contribution is 0.306. The first-order valence-electron chi connectivity index (χ1n) is 5.64. The molecule has 1 fully saturated rings. The van der Waals surface area contributed by atoms with Gasteiger partial charge in [-0.1, -0.05) is 35.3 Å². The highest BCUT2D eigenvalue weighted by Crippen LogP contribution is 2.41. The van der Waals surface area contributed by atoms with E-state index in [1.165, 1.54) is 24.1 Å². The van der Waals surface area contributed by atoms with Gasteiger partial charge in [0.25, 0.3) is 0 Å². The molecule has 2 aliphatic rings. The maximum Gasteiger partial charge on any atom is 0.0456 e.